The first-order valence-electron chi connectivity index (χ1n) is 6.40. The fraction of sp³-hybridized carbons (Fsp3) is 0.917. The van der Waals surface area contributed by atoms with Crippen LogP contribution in [-0.4, -0.2) is 42.2 Å². The van der Waals surface area contributed by atoms with Crippen LogP contribution in [0.2, 0.25) is 0 Å². The van der Waals surface area contributed by atoms with Crippen LogP contribution in [0.25, 0.3) is 0 Å². The summed E-state index contributed by atoms with van der Waals surface area (Å²) in [5, 5.41) is 7.71. The quantitative estimate of drug-likeness (QED) is 0.729. The highest BCUT2D eigenvalue weighted by Crippen LogP contribution is 2.32. The Bertz CT molecular complexity index is 245. The SMILES string of the molecule is C[C@@H](NC(=S)NC1CCN(C)CC1)C1CC1. The van der Waals surface area contributed by atoms with Crippen LogP contribution >= 0.6 is 12.2 Å². The van der Waals surface area contributed by atoms with Gasteiger partial charge in [-0.25, -0.2) is 0 Å². The fourth-order valence-electron chi connectivity index (χ4n) is 2.30. The lowest BCUT2D eigenvalue weighted by molar-refractivity contribution is 0.246. The van der Waals surface area contributed by atoms with Crippen LogP contribution in [0.4, 0.5) is 0 Å². The first-order valence-corrected chi connectivity index (χ1v) is 6.81. The Hall–Kier alpha value is -0.350. The molecule has 2 N–H and O–H groups in total. The minimum Gasteiger partial charge on any atom is -0.360 e. The molecule has 1 saturated carbocycles. The Morgan fingerprint density at radius 1 is 1.25 bits per heavy atom. The molecule has 1 aliphatic heterocycles. The zero-order valence-electron chi connectivity index (χ0n) is 10.3. The van der Waals surface area contributed by atoms with E-state index in [1.165, 1.54) is 38.8 Å². The first kappa shape index (κ1) is 12.1. The van der Waals surface area contributed by atoms with Gasteiger partial charge in [0.1, 0.15) is 0 Å². The van der Waals surface area contributed by atoms with E-state index in [4.69, 9.17) is 12.2 Å². The Labute approximate surface area is 104 Å². The monoisotopic (exact) mass is 241 g/mol. The number of piperidine rings is 1. The van der Waals surface area contributed by atoms with Crippen LogP contribution in [0.1, 0.15) is 32.6 Å². The molecule has 1 heterocycles. The second-order valence-corrected chi connectivity index (χ2v) is 5.73. The van der Waals surface area contributed by atoms with E-state index in [0.29, 0.717) is 12.1 Å². The third-order valence-electron chi connectivity index (χ3n) is 3.74. The molecule has 4 heteroatoms. The summed E-state index contributed by atoms with van der Waals surface area (Å²) in [5.41, 5.74) is 0. The standard InChI is InChI=1S/C12H23N3S/c1-9(10-3-4-10)13-12(16)14-11-5-7-15(2)8-6-11/h9-11H,3-8H2,1-2H3,(H2,13,14,16)/t9-/m1/s1. The molecule has 1 aliphatic carbocycles. The Kier molecular flexibility index (Phi) is 4.03. The number of hydrogen-bond acceptors (Lipinski definition) is 2. The van der Waals surface area contributed by atoms with Crippen molar-refractivity contribution in [3.63, 3.8) is 0 Å². The van der Waals surface area contributed by atoms with Crippen LogP contribution in [0, 0.1) is 5.92 Å². The molecule has 2 rings (SSSR count). The van der Waals surface area contributed by atoms with Crippen molar-refractivity contribution < 1.29 is 0 Å². The lowest BCUT2D eigenvalue weighted by atomic mass is 10.1. The molecular weight excluding hydrogens is 218 g/mol. The maximum atomic E-state index is 5.35. The molecule has 1 saturated heterocycles. The molecule has 0 bridgehead atoms. The minimum absolute atomic E-state index is 0.547. The van der Waals surface area contributed by atoms with Gasteiger partial charge in [-0.3, -0.25) is 0 Å². The number of nitrogens with zero attached hydrogens (tertiary/aromatic N) is 1. The highest BCUT2D eigenvalue weighted by atomic mass is 32.1. The van der Waals surface area contributed by atoms with Crippen molar-refractivity contribution in [2.45, 2.75) is 44.7 Å². The average molecular weight is 241 g/mol. The molecule has 0 spiro atoms. The highest BCUT2D eigenvalue weighted by molar-refractivity contribution is 7.80. The maximum Gasteiger partial charge on any atom is 0.166 e. The van der Waals surface area contributed by atoms with Crippen molar-refractivity contribution >= 4 is 17.3 Å². The van der Waals surface area contributed by atoms with Gasteiger partial charge >= 0.3 is 0 Å². The summed E-state index contributed by atoms with van der Waals surface area (Å²) >= 11 is 5.35. The molecule has 0 amide bonds. The number of rotatable bonds is 3. The molecule has 0 aromatic carbocycles. The summed E-state index contributed by atoms with van der Waals surface area (Å²) in [6.45, 7) is 4.59. The summed E-state index contributed by atoms with van der Waals surface area (Å²) in [7, 11) is 2.18. The van der Waals surface area contributed by atoms with E-state index < -0.39 is 0 Å². The van der Waals surface area contributed by atoms with Crippen LogP contribution in [0.15, 0.2) is 0 Å². The van der Waals surface area contributed by atoms with Crippen molar-refractivity contribution in [2.24, 2.45) is 5.92 Å². The second-order valence-electron chi connectivity index (χ2n) is 5.32. The summed E-state index contributed by atoms with van der Waals surface area (Å²) in [4.78, 5) is 2.38. The van der Waals surface area contributed by atoms with Gasteiger partial charge < -0.3 is 15.5 Å². The van der Waals surface area contributed by atoms with Crippen LogP contribution < -0.4 is 10.6 Å². The lowest BCUT2D eigenvalue weighted by Gasteiger charge is -2.30. The fourth-order valence-corrected chi connectivity index (χ4v) is 2.65. The zero-order chi connectivity index (χ0) is 11.5. The first-order chi connectivity index (χ1) is 7.65. The van der Waals surface area contributed by atoms with Crippen LogP contribution in [-0.2, 0) is 0 Å². The van der Waals surface area contributed by atoms with Gasteiger partial charge in [0.15, 0.2) is 5.11 Å². The number of likely N-dealkylation sites (tertiary alicyclic amines) is 1. The zero-order valence-corrected chi connectivity index (χ0v) is 11.1. The number of hydrogen-bond donors (Lipinski definition) is 2. The van der Waals surface area contributed by atoms with E-state index in [2.05, 4.69) is 29.5 Å². The molecule has 0 aromatic heterocycles. The van der Waals surface area contributed by atoms with Crippen molar-refractivity contribution in [1.82, 2.24) is 15.5 Å². The average Bonchev–Trinajstić information content (AvgIpc) is 3.04. The van der Waals surface area contributed by atoms with E-state index >= 15 is 0 Å². The third kappa shape index (κ3) is 3.59. The molecule has 0 radical (unpaired) electrons. The van der Waals surface area contributed by atoms with Gasteiger partial charge in [0, 0.05) is 12.1 Å². The van der Waals surface area contributed by atoms with Crippen LogP contribution in [0.5, 0.6) is 0 Å². The van der Waals surface area contributed by atoms with Crippen molar-refractivity contribution in [3.05, 3.63) is 0 Å². The molecule has 1 atom stereocenters. The molecule has 2 aliphatic rings. The van der Waals surface area contributed by atoms with Crippen molar-refractivity contribution in [2.75, 3.05) is 20.1 Å². The number of thiocarbonyl (C=S) groups is 1. The van der Waals surface area contributed by atoms with Gasteiger partial charge in [-0.15, -0.1) is 0 Å². The molecule has 0 aromatic rings. The van der Waals surface area contributed by atoms with E-state index in [1.54, 1.807) is 0 Å². The van der Waals surface area contributed by atoms with Gasteiger partial charge in [-0.2, -0.15) is 0 Å². The van der Waals surface area contributed by atoms with Gasteiger partial charge in [0.25, 0.3) is 0 Å². The van der Waals surface area contributed by atoms with E-state index in [-0.39, 0.29) is 0 Å². The van der Waals surface area contributed by atoms with Gasteiger partial charge in [-0.05, 0) is 70.9 Å². The summed E-state index contributed by atoms with van der Waals surface area (Å²) in [6, 6.07) is 1.12. The van der Waals surface area contributed by atoms with E-state index in [9.17, 15) is 0 Å². The Morgan fingerprint density at radius 3 is 2.44 bits per heavy atom. The Morgan fingerprint density at radius 2 is 1.88 bits per heavy atom. The highest BCUT2D eigenvalue weighted by Gasteiger charge is 2.28. The maximum absolute atomic E-state index is 5.35. The minimum atomic E-state index is 0.547. The molecule has 2 fully saturated rings. The van der Waals surface area contributed by atoms with Gasteiger partial charge in [-0.1, -0.05) is 0 Å². The molecule has 92 valence electrons. The summed E-state index contributed by atoms with van der Waals surface area (Å²) in [5.74, 6) is 0.859. The topological polar surface area (TPSA) is 27.3 Å². The Balaban J connectivity index is 1.66. The normalized spacial score (nSPS) is 25.1. The third-order valence-corrected chi connectivity index (χ3v) is 3.98. The summed E-state index contributed by atoms with van der Waals surface area (Å²) < 4.78 is 0. The number of nitrogens with one attached hydrogen (secondary N) is 2. The molecule has 16 heavy (non-hydrogen) atoms. The summed E-state index contributed by atoms with van der Waals surface area (Å²) in [6.07, 6.45) is 5.14. The second kappa shape index (κ2) is 5.32. The van der Waals surface area contributed by atoms with Gasteiger partial charge in [0.05, 0.1) is 0 Å². The lowest BCUT2D eigenvalue weighted by Crippen LogP contribution is -2.49. The largest absolute Gasteiger partial charge is 0.360 e. The molecule has 3 nitrogen and oxygen atoms in total. The molecular formula is C12H23N3S. The smallest absolute Gasteiger partial charge is 0.166 e. The van der Waals surface area contributed by atoms with Crippen LogP contribution in [0.3, 0.4) is 0 Å². The van der Waals surface area contributed by atoms with Crippen molar-refractivity contribution in [3.8, 4) is 0 Å². The predicted octanol–water partition coefficient (Wildman–Crippen LogP) is 1.34. The van der Waals surface area contributed by atoms with Gasteiger partial charge in [0.2, 0.25) is 0 Å². The van der Waals surface area contributed by atoms with E-state index in [0.717, 1.165) is 11.0 Å². The van der Waals surface area contributed by atoms with E-state index in [1.807, 2.05) is 0 Å². The predicted molar refractivity (Wildman–Crippen MR) is 71.6 cm³/mol. The molecule has 0 unspecified atom stereocenters. The van der Waals surface area contributed by atoms with Crippen molar-refractivity contribution in [1.29, 1.82) is 0 Å².